The van der Waals surface area contributed by atoms with Crippen LogP contribution in [-0.2, 0) is 0 Å². The summed E-state index contributed by atoms with van der Waals surface area (Å²) in [6.07, 6.45) is 0. The molecule has 1 radical (unpaired) electrons. The second-order valence-corrected chi connectivity index (χ2v) is 12.3. The van der Waals surface area contributed by atoms with E-state index in [9.17, 15) is 0 Å². The van der Waals surface area contributed by atoms with Gasteiger partial charge in [-0.3, -0.25) is 0 Å². The molecular formula is C43H28N3Se. The standard InChI is InChI=1S/C43H28N3Se/c47-40-38(29-13-4-1-5-14-29)23-12-24-39(40)34-20-10-19-32(27-34)36-22-11-21-33-28-35(25-26-37(33)36)43-45-41(30-15-6-2-7-16-30)44-42(46-43)31-17-8-3-9-18-31/h1-28H. The van der Waals surface area contributed by atoms with Crippen LogP contribution in [-0.4, -0.2) is 31.0 Å². The van der Waals surface area contributed by atoms with Gasteiger partial charge in [0, 0.05) is 11.1 Å². The van der Waals surface area contributed by atoms with Crippen LogP contribution in [0.2, 0.25) is 0 Å². The van der Waals surface area contributed by atoms with Gasteiger partial charge in [-0.1, -0.05) is 60.7 Å². The summed E-state index contributed by atoms with van der Waals surface area (Å²) < 4.78 is 1.15. The zero-order valence-corrected chi connectivity index (χ0v) is 27.1. The van der Waals surface area contributed by atoms with Gasteiger partial charge in [-0.05, 0) is 0 Å². The summed E-state index contributed by atoms with van der Waals surface area (Å²) in [5.74, 6) is 1.96. The first kappa shape index (κ1) is 28.8. The summed E-state index contributed by atoms with van der Waals surface area (Å²) in [5.41, 5.74) is 9.99. The van der Waals surface area contributed by atoms with Gasteiger partial charge in [0.05, 0.1) is 0 Å². The number of nitrogens with zero attached hydrogens (tertiary/aromatic N) is 3. The molecule has 1 aromatic heterocycles. The van der Waals surface area contributed by atoms with Gasteiger partial charge >= 0.3 is 195 Å². The Labute approximate surface area is 282 Å². The number of benzene rings is 7. The Morgan fingerprint density at radius 1 is 0.319 bits per heavy atom. The van der Waals surface area contributed by atoms with Crippen molar-refractivity contribution in [3.8, 4) is 67.5 Å². The molecule has 0 bridgehead atoms. The van der Waals surface area contributed by atoms with Crippen LogP contribution in [0, 0.1) is 0 Å². The molecule has 0 aliphatic heterocycles. The van der Waals surface area contributed by atoms with Gasteiger partial charge in [0.15, 0.2) is 11.6 Å². The Kier molecular flexibility index (Phi) is 7.72. The van der Waals surface area contributed by atoms with Gasteiger partial charge in [0.2, 0.25) is 0 Å². The molecule has 7 aromatic carbocycles. The van der Waals surface area contributed by atoms with Crippen LogP contribution in [0.3, 0.4) is 0 Å². The van der Waals surface area contributed by atoms with Crippen LogP contribution in [0.1, 0.15) is 0 Å². The van der Waals surface area contributed by atoms with Crippen molar-refractivity contribution in [1.82, 2.24) is 15.0 Å². The zero-order valence-electron chi connectivity index (χ0n) is 25.4. The van der Waals surface area contributed by atoms with Crippen LogP contribution in [0.25, 0.3) is 78.3 Å². The number of fused-ring (bicyclic) bond motifs is 1. The molecule has 0 spiro atoms. The third kappa shape index (κ3) is 5.77. The number of aromatic nitrogens is 3. The molecular weight excluding hydrogens is 637 g/mol. The molecule has 0 saturated carbocycles. The van der Waals surface area contributed by atoms with E-state index in [0.29, 0.717) is 17.5 Å². The summed E-state index contributed by atoms with van der Waals surface area (Å²) in [6.45, 7) is 0. The fourth-order valence-corrected chi connectivity index (χ4v) is 6.86. The summed E-state index contributed by atoms with van der Waals surface area (Å²) in [5, 5.41) is 2.30. The summed E-state index contributed by atoms with van der Waals surface area (Å²) in [7, 11) is 0. The van der Waals surface area contributed by atoms with Gasteiger partial charge in [-0.25, -0.2) is 4.98 Å². The van der Waals surface area contributed by atoms with E-state index in [1.807, 2.05) is 60.7 Å². The van der Waals surface area contributed by atoms with Gasteiger partial charge < -0.3 is 0 Å². The van der Waals surface area contributed by atoms with Crippen molar-refractivity contribution in [1.29, 1.82) is 0 Å². The molecule has 0 aliphatic rings. The molecule has 0 unspecified atom stereocenters. The first-order valence-electron chi connectivity index (χ1n) is 15.6. The Morgan fingerprint density at radius 3 is 1.38 bits per heavy atom. The zero-order chi connectivity index (χ0) is 31.6. The molecule has 221 valence electrons. The van der Waals surface area contributed by atoms with E-state index in [4.69, 9.17) is 15.0 Å². The van der Waals surface area contributed by atoms with Crippen molar-refractivity contribution in [2.45, 2.75) is 0 Å². The van der Waals surface area contributed by atoms with Crippen molar-refractivity contribution >= 4 is 31.2 Å². The van der Waals surface area contributed by atoms with Crippen molar-refractivity contribution in [2.24, 2.45) is 0 Å². The molecule has 0 fully saturated rings. The van der Waals surface area contributed by atoms with E-state index in [1.165, 1.54) is 38.8 Å². The topological polar surface area (TPSA) is 38.7 Å². The average molecular weight is 666 g/mol. The molecule has 0 saturated heterocycles. The number of rotatable bonds is 6. The first-order chi connectivity index (χ1) is 23.2. The van der Waals surface area contributed by atoms with Crippen molar-refractivity contribution in [3.63, 3.8) is 0 Å². The third-order valence-electron chi connectivity index (χ3n) is 8.42. The molecule has 4 heteroatoms. The summed E-state index contributed by atoms with van der Waals surface area (Å²) in [4.78, 5) is 14.7. The number of hydrogen-bond donors (Lipinski definition) is 0. The summed E-state index contributed by atoms with van der Waals surface area (Å²) >= 11 is 3.36. The van der Waals surface area contributed by atoms with Crippen LogP contribution in [0.15, 0.2) is 170 Å². The van der Waals surface area contributed by atoms with Crippen LogP contribution < -0.4 is 4.46 Å². The first-order valence-corrected chi connectivity index (χ1v) is 16.4. The van der Waals surface area contributed by atoms with E-state index < -0.39 is 0 Å². The molecule has 0 atom stereocenters. The molecule has 3 nitrogen and oxygen atoms in total. The van der Waals surface area contributed by atoms with E-state index in [0.717, 1.165) is 26.5 Å². The van der Waals surface area contributed by atoms with E-state index >= 15 is 0 Å². The molecule has 47 heavy (non-hydrogen) atoms. The van der Waals surface area contributed by atoms with Crippen molar-refractivity contribution in [3.05, 3.63) is 170 Å². The third-order valence-corrected chi connectivity index (χ3v) is 9.35. The molecule has 1 heterocycles. The molecule has 0 N–H and O–H groups in total. The van der Waals surface area contributed by atoms with E-state index in [-0.39, 0.29) is 0 Å². The van der Waals surface area contributed by atoms with E-state index in [2.05, 4.69) is 125 Å². The Bertz CT molecular complexity index is 2300. The minimum atomic E-state index is 0.650. The van der Waals surface area contributed by atoms with Gasteiger partial charge in [-0.15, -0.1) is 0 Å². The van der Waals surface area contributed by atoms with E-state index in [1.54, 1.807) is 0 Å². The number of hydrogen-bond acceptors (Lipinski definition) is 3. The summed E-state index contributed by atoms with van der Waals surface area (Å²) in [6, 6.07) is 59.0. The van der Waals surface area contributed by atoms with Gasteiger partial charge in [0.25, 0.3) is 0 Å². The van der Waals surface area contributed by atoms with Crippen molar-refractivity contribution < 1.29 is 0 Å². The Morgan fingerprint density at radius 2 is 0.766 bits per heavy atom. The monoisotopic (exact) mass is 666 g/mol. The molecule has 8 aromatic rings. The molecule has 0 aliphatic carbocycles. The minimum absolute atomic E-state index is 0.650. The second kappa shape index (κ2) is 12.6. The van der Waals surface area contributed by atoms with Gasteiger partial charge in [0.1, 0.15) is 0 Å². The molecule has 0 amide bonds. The predicted molar refractivity (Wildman–Crippen MR) is 195 cm³/mol. The SMILES string of the molecule is [Se]c1c(-c2ccccc2)cccc1-c1cccc(-c2cccc3cc(-c4nc(-c5ccccc5)nc(-c5ccccc5)n4)ccc23)c1. The predicted octanol–water partition coefficient (Wildman–Crippen LogP) is 9.82. The fourth-order valence-electron chi connectivity index (χ4n) is 6.08. The normalized spacial score (nSPS) is 11.1. The maximum absolute atomic E-state index is 4.94. The molecule has 8 rings (SSSR count). The second-order valence-electron chi connectivity index (χ2n) is 11.4. The quantitative estimate of drug-likeness (QED) is 0.166. The van der Waals surface area contributed by atoms with Crippen LogP contribution in [0.4, 0.5) is 0 Å². The Hall–Kier alpha value is -5.67. The van der Waals surface area contributed by atoms with Gasteiger partial charge in [-0.2, -0.15) is 0 Å². The Balaban J connectivity index is 1.20. The van der Waals surface area contributed by atoms with Crippen molar-refractivity contribution in [2.75, 3.05) is 0 Å². The average Bonchev–Trinajstić information content (AvgIpc) is 3.15. The van der Waals surface area contributed by atoms with Crippen LogP contribution >= 0.6 is 0 Å². The fraction of sp³-hybridized carbons (Fsp3) is 0. The van der Waals surface area contributed by atoms with Crippen LogP contribution in [0.5, 0.6) is 0 Å². The maximum atomic E-state index is 4.94.